The van der Waals surface area contributed by atoms with Crippen LogP contribution in [-0.4, -0.2) is 17.6 Å². The number of hydrogen-bond donors (Lipinski definition) is 3. The molecule has 0 saturated heterocycles. The number of aromatic amines is 1. The van der Waals surface area contributed by atoms with E-state index >= 15 is 0 Å². The first-order valence-electron chi connectivity index (χ1n) is 6.39. The number of benzene rings is 1. The lowest BCUT2D eigenvalue weighted by Gasteiger charge is -2.07. The fourth-order valence-electron chi connectivity index (χ4n) is 1.99. The number of aromatic nitrogens is 1. The third kappa shape index (κ3) is 2.59. The molecule has 5 heteroatoms. The van der Waals surface area contributed by atoms with E-state index in [2.05, 4.69) is 15.6 Å². The second-order valence-electron chi connectivity index (χ2n) is 4.86. The van der Waals surface area contributed by atoms with Crippen molar-refractivity contribution in [3.05, 3.63) is 40.7 Å². The summed E-state index contributed by atoms with van der Waals surface area (Å²) in [6.45, 7) is 0.678. The number of anilines is 1. The zero-order valence-electron chi connectivity index (χ0n) is 10.4. The van der Waals surface area contributed by atoms with Gasteiger partial charge in [0.1, 0.15) is 5.69 Å². The highest BCUT2D eigenvalue weighted by Crippen LogP contribution is 2.27. The third-order valence-corrected chi connectivity index (χ3v) is 3.28. The fourth-order valence-corrected chi connectivity index (χ4v) is 1.99. The lowest BCUT2D eigenvalue weighted by molar-refractivity contribution is 0.251. The van der Waals surface area contributed by atoms with Crippen LogP contribution in [0.4, 0.5) is 10.5 Å². The number of nitrogens with one attached hydrogen (secondary N) is 3. The van der Waals surface area contributed by atoms with Crippen LogP contribution in [0.3, 0.4) is 0 Å². The van der Waals surface area contributed by atoms with E-state index < -0.39 is 0 Å². The lowest BCUT2D eigenvalue weighted by atomic mass is 10.2. The van der Waals surface area contributed by atoms with E-state index in [4.69, 9.17) is 0 Å². The molecule has 2 amide bonds. The van der Waals surface area contributed by atoms with E-state index in [0.29, 0.717) is 17.8 Å². The molecule has 1 heterocycles. The molecule has 3 rings (SSSR count). The molecule has 1 fully saturated rings. The van der Waals surface area contributed by atoms with Crippen LogP contribution in [0, 0.1) is 5.92 Å². The summed E-state index contributed by atoms with van der Waals surface area (Å²) in [6, 6.07) is 6.89. The zero-order chi connectivity index (χ0) is 13.2. The largest absolute Gasteiger partial charge is 0.359 e. The van der Waals surface area contributed by atoms with E-state index in [9.17, 15) is 9.59 Å². The second-order valence-corrected chi connectivity index (χ2v) is 4.86. The van der Waals surface area contributed by atoms with Gasteiger partial charge in [-0.05, 0) is 30.9 Å². The molecule has 19 heavy (non-hydrogen) atoms. The number of urea groups is 1. The number of pyridine rings is 1. The van der Waals surface area contributed by atoms with Crippen LogP contribution >= 0.6 is 0 Å². The average Bonchev–Trinajstić information content (AvgIpc) is 3.24. The normalized spacial score (nSPS) is 14.3. The summed E-state index contributed by atoms with van der Waals surface area (Å²) in [5, 5.41) is 5.93. The Bertz CT molecular complexity index is 674. The van der Waals surface area contributed by atoms with Gasteiger partial charge in [0.2, 0.25) is 5.43 Å². The number of carbonyl (C=O) groups is 1. The summed E-state index contributed by atoms with van der Waals surface area (Å²) in [4.78, 5) is 26.8. The molecule has 2 aromatic rings. The molecule has 0 spiro atoms. The zero-order valence-corrected chi connectivity index (χ0v) is 10.4. The van der Waals surface area contributed by atoms with E-state index in [1.54, 1.807) is 12.1 Å². The van der Waals surface area contributed by atoms with E-state index in [0.717, 1.165) is 5.52 Å². The third-order valence-electron chi connectivity index (χ3n) is 3.28. The maximum atomic E-state index is 12.2. The van der Waals surface area contributed by atoms with Crippen molar-refractivity contribution in [1.82, 2.24) is 10.3 Å². The molecule has 1 aliphatic carbocycles. The molecule has 5 nitrogen and oxygen atoms in total. The predicted molar refractivity (Wildman–Crippen MR) is 74.3 cm³/mol. The van der Waals surface area contributed by atoms with Gasteiger partial charge in [-0.3, -0.25) is 4.79 Å². The monoisotopic (exact) mass is 257 g/mol. The molecule has 0 atom stereocenters. The number of carbonyl (C=O) groups excluding carboxylic acids is 1. The Labute approximate surface area is 110 Å². The SMILES string of the molecule is O=C(NCC1CC1)Nc1c[nH]c2ccccc2c1=O. The summed E-state index contributed by atoms with van der Waals surface area (Å²) in [6.07, 6.45) is 3.88. The summed E-state index contributed by atoms with van der Waals surface area (Å²) in [5.41, 5.74) is 0.861. The van der Waals surface area contributed by atoms with Gasteiger partial charge in [0.05, 0.1) is 0 Å². The molecule has 0 unspecified atom stereocenters. The molecule has 1 aromatic carbocycles. The first-order chi connectivity index (χ1) is 9.24. The number of fused-ring (bicyclic) bond motifs is 1. The van der Waals surface area contributed by atoms with Crippen molar-refractivity contribution in [3.63, 3.8) is 0 Å². The molecule has 1 aliphatic rings. The highest BCUT2D eigenvalue weighted by Gasteiger charge is 2.21. The molecule has 98 valence electrons. The summed E-state index contributed by atoms with van der Waals surface area (Å²) >= 11 is 0. The summed E-state index contributed by atoms with van der Waals surface area (Å²) in [7, 11) is 0. The maximum absolute atomic E-state index is 12.2. The van der Waals surface area contributed by atoms with E-state index in [-0.39, 0.29) is 17.1 Å². The number of hydrogen-bond acceptors (Lipinski definition) is 2. The first kappa shape index (κ1) is 11.8. The minimum Gasteiger partial charge on any atom is -0.359 e. The van der Waals surface area contributed by atoms with Crippen molar-refractivity contribution in [1.29, 1.82) is 0 Å². The predicted octanol–water partition coefficient (Wildman–Crippen LogP) is 2.06. The minimum absolute atomic E-state index is 0.170. The Hall–Kier alpha value is -2.30. The molecule has 1 aromatic heterocycles. The molecular weight excluding hydrogens is 242 g/mol. The molecule has 0 bridgehead atoms. The maximum Gasteiger partial charge on any atom is 0.319 e. The van der Waals surface area contributed by atoms with Crippen molar-refractivity contribution in [2.45, 2.75) is 12.8 Å². The Balaban J connectivity index is 1.78. The Morgan fingerprint density at radius 1 is 1.32 bits per heavy atom. The number of rotatable bonds is 3. The molecular formula is C14H15N3O2. The van der Waals surface area contributed by atoms with Gasteiger partial charge in [0.25, 0.3) is 0 Å². The van der Waals surface area contributed by atoms with Crippen LogP contribution < -0.4 is 16.1 Å². The van der Waals surface area contributed by atoms with E-state index in [1.807, 2.05) is 12.1 Å². The van der Waals surface area contributed by atoms with Crippen LogP contribution in [0.15, 0.2) is 35.3 Å². The van der Waals surface area contributed by atoms with Gasteiger partial charge in [-0.15, -0.1) is 0 Å². The lowest BCUT2D eigenvalue weighted by Crippen LogP contribution is -2.32. The van der Waals surface area contributed by atoms with Crippen LogP contribution in [0.2, 0.25) is 0 Å². The van der Waals surface area contributed by atoms with Gasteiger partial charge in [-0.1, -0.05) is 12.1 Å². The quantitative estimate of drug-likeness (QED) is 0.787. The summed E-state index contributed by atoms with van der Waals surface area (Å²) in [5.74, 6) is 0.612. The van der Waals surface area contributed by atoms with Crippen molar-refractivity contribution < 1.29 is 4.79 Å². The standard InChI is InChI=1S/C14H15N3O2/c18-13-10-3-1-2-4-11(10)15-8-12(13)17-14(19)16-7-9-5-6-9/h1-4,8-9H,5-7H2,(H,15,18)(H2,16,17,19). The first-order valence-corrected chi connectivity index (χ1v) is 6.39. The highest BCUT2D eigenvalue weighted by molar-refractivity contribution is 5.91. The van der Waals surface area contributed by atoms with Crippen LogP contribution in [-0.2, 0) is 0 Å². The van der Waals surface area contributed by atoms with Gasteiger partial charge in [-0.25, -0.2) is 4.79 Å². The van der Waals surface area contributed by atoms with Crippen LogP contribution in [0.5, 0.6) is 0 Å². The van der Waals surface area contributed by atoms with Gasteiger partial charge in [0, 0.05) is 23.6 Å². The van der Waals surface area contributed by atoms with Gasteiger partial charge < -0.3 is 15.6 Å². The van der Waals surface area contributed by atoms with Crippen molar-refractivity contribution in [2.75, 3.05) is 11.9 Å². The van der Waals surface area contributed by atoms with E-state index in [1.165, 1.54) is 19.0 Å². The molecule has 1 saturated carbocycles. The molecule has 0 aliphatic heterocycles. The van der Waals surface area contributed by atoms with Crippen molar-refractivity contribution >= 4 is 22.6 Å². The fraction of sp³-hybridized carbons (Fsp3) is 0.286. The Morgan fingerprint density at radius 2 is 2.11 bits per heavy atom. The number of amides is 2. The van der Waals surface area contributed by atoms with Crippen LogP contribution in [0.25, 0.3) is 10.9 Å². The Kier molecular flexibility index (Phi) is 2.95. The molecule has 3 N–H and O–H groups in total. The highest BCUT2D eigenvalue weighted by atomic mass is 16.2. The average molecular weight is 257 g/mol. The number of H-pyrrole nitrogens is 1. The summed E-state index contributed by atoms with van der Waals surface area (Å²) < 4.78 is 0. The van der Waals surface area contributed by atoms with Gasteiger partial charge in [-0.2, -0.15) is 0 Å². The smallest absolute Gasteiger partial charge is 0.319 e. The van der Waals surface area contributed by atoms with Crippen LogP contribution in [0.1, 0.15) is 12.8 Å². The number of para-hydroxylation sites is 1. The van der Waals surface area contributed by atoms with Gasteiger partial charge >= 0.3 is 6.03 Å². The second kappa shape index (κ2) is 4.76. The van der Waals surface area contributed by atoms with Crippen molar-refractivity contribution in [2.24, 2.45) is 5.92 Å². The minimum atomic E-state index is -0.326. The van der Waals surface area contributed by atoms with Gasteiger partial charge in [0.15, 0.2) is 0 Å². The Morgan fingerprint density at radius 3 is 2.89 bits per heavy atom. The van der Waals surface area contributed by atoms with Crippen molar-refractivity contribution in [3.8, 4) is 0 Å². The molecule has 0 radical (unpaired) electrons. The topological polar surface area (TPSA) is 74.0 Å².